The molecule has 4 heterocycles. The number of rotatable bonds is 3. The lowest BCUT2D eigenvalue weighted by Gasteiger charge is -2.04. The second-order valence-corrected chi connectivity index (χ2v) is 6.32. The van der Waals surface area contributed by atoms with Gasteiger partial charge in [-0.05, 0) is 26.0 Å². The molecule has 0 saturated heterocycles. The lowest BCUT2D eigenvalue weighted by molar-refractivity contribution is 0.574. The molecule has 5 rings (SSSR count). The largest absolute Gasteiger partial charge is 0.444 e. The maximum Gasteiger partial charge on any atom is 0.273 e. The van der Waals surface area contributed by atoms with Crippen molar-refractivity contribution in [1.82, 2.24) is 29.4 Å². The first-order chi connectivity index (χ1) is 13.2. The summed E-state index contributed by atoms with van der Waals surface area (Å²) in [4.78, 5) is 21.6. The van der Waals surface area contributed by atoms with Crippen molar-refractivity contribution in [3.8, 4) is 22.7 Å². The number of nitrogens with one attached hydrogen (secondary N) is 1. The van der Waals surface area contributed by atoms with Gasteiger partial charge >= 0.3 is 0 Å². The highest BCUT2D eigenvalue weighted by atomic mass is 16.3. The van der Waals surface area contributed by atoms with Crippen LogP contribution >= 0.6 is 0 Å². The van der Waals surface area contributed by atoms with Gasteiger partial charge in [-0.15, -0.1) is 0 Å². The fourth-order valence-electron chi connectivity index (χ4n) is 3.40. The van der Waals surface area contributed by atoms with Crippen LogP contribution < -0.4 is 5.56 Å². The molecule has 27 heavy (non-hydrogen) atoms. The minimum atomic E-state index is -0.194. The maximum atomic E-state index is 12.6. The van der Waals surface area contributed by atoms with Crippen LogP contribution in [0.15, 0.2) is 52.1 Å². The third kappa shape index (κ3) is 2.30. The summed E-state index contributed by atoms with van der Waals surface area (Å²) >= 11 is 0. The molecule has 0 saturated carbocycles. The predicted octanol–water partition coefficient (Wildman–Crippen LogP) is 3.02. The van der Waals surface area contributed by atoms with Crippen LogP contribution in [0.2, 0.25) is 0 Å². The van der Waals surface area contributed by atoms with Crippen molar-refractivity contribution in [1.29, 1.82) is 0 Å². The Hall–Kier alpha value is -3.68. The number of aromatic nitrogens is 6. The van der Waals surface area contributed by atoms with Gasteiger partial charge in [0.05, 0.1) is 23.6 Å². The van der Waals surface area contributed by atoms with Crippen LogP contribution in [0.5, 0.6) is 0 Å². The van der Waals surface area contributed by atoms with Gasteiger partial charge in [-0.3, -0.25) is 14.6 Å². The molecule has 5 aromatic rings. The van der Waals surface area contributed by atoms with Crippen LogP contribution in [0.25, 0.3) is 39.3 Å². The third-order valence-electron chi connectivity index (χ3n) is 4.68. The molecule has 0 atom stereocenters. The second-order valence-electron chi connectivity index (χ2n) is 6.32. The molecule has 0 spiro atoms. The minimum Gasteiger partial charge on any atom is -0.444 e. The second kappa shape index (κ2) is 5.66. The zero-order valence-corrected chi connectivity index (χ0v) is 14.8. The van der Waals surface area contributed by atoms with Crippen molar-refractivity contribution in [2.24, 2.45) is 0 Å². The van der Waals surface area contributed by atoms with Crippen molar-refractivity contribution in [2.75, 3.05) is 0 Å². The first-order valence-corrected chi connectivity index (χ1v) is 8.64. The highest BCUT2D eigenvalue weighted by molar-refractivity contribution is 5.84. The Kier molecular flexibility index (Phi) is 3.27. The van der Waals surface area contributed by atoms with Crippen molar-refractivity contribution in [2.45, 2.75) is 20.4 Å². The summed E-state index contributed by atoms with van der Waals surface area (Å²) in [5.41, 5.74) is 4.24. The molecule has 0 aliphatic carbocycles. The zero-order valence-electron chi connectivity index (χ0n) is 14.8. The molecule has 4 aromatic heterocycles. The van der Waals surface area contributed by atoms with Crippen LogP contribution in [0.4, 0.5) is 0 Å². The summed E-state index contributed by atoms with van der Waals surface area (Å²) < 4.78 is 8.77. The molecule has 0 aliphatic heterocycles. The highest BCUT2D eigenvalue weighted by Gasteiger charge is 2.18. The number of aromatic amines is 1. The highest BCUT2D eigenvalue weighted by Crippen LogP contribution is 2.27. The molecule has 0 amide bonds. The van der Waals surface area contributed by atoms with Crippen LogP contribution in [-0.2, 0) is 6.54 Å². The van der Waals surface area contributed by atoms with E-state index in [1.54, 1.807) is 6.20 Å². The molecule has 0 fully saturated rings. The van der Waals surface area contributed by atoms with E-state index >= 15 is 0 Å². The molecule has 1 aromatic carbocycles. The molecule has 8 heteroatoms. The van der Waals surface area contributed by atoms with E-state index in [-0.39, 0.29) is 5.56 Å². The molecule has 0 bridgehead atoms. The monoisotopic (exact) mass is 360 g/mol. The Labute approximate surface area is 153 Å². The number of hydrogen-bond acceptors (Lipinski definition) is 5. The van der Waals surface area contributed by atoms with Gasteiger partial charge in [0, 0.05) is 29.3 Å². The van der Waals surface area contributed by atoms with E-state index in [2.05, 4.69) is 22.1 Å². The summed E-state index contributed by atoms with van der Waals surface area (Å²) in [5.74, 6) is 0.426. The lowest BCUT2D eigenvalue weighted by atomic mass is 10.1. The molecular formula is C19H16N6O2. The number of aryl methyl sites for hydroxylation is 2. The predicted molar refractivity (Wildman–Crippen MR) is 100 cm³/mol. The fourth-order valence-corrected chi connectivity index (χ4v) is 3.40. The van der Waals surface area contributed by atoms with E-state index in [1.165, 1.54) is 16.8 Å². The van der Waals surface area contributed by atoms with E-state index < -0.39 is 0 Å². The zero-order chi connectivity index (χ0) is 18.5. The van der Waals surface area contributed by atoms with Crippen molar-refractivity contribution >= 4 is 16.6 Å². The van der Waals surface area contributed by atoms with Crippen LogP contribution in [0.3, 0.4) is 0 Å². The Morgan fingerprint density at radius 1 is 1.26 bits per heavy atom. The summed E-state index contributed by atoms with van der Waals surface area (Å²) in [6.07, 6.45) is 4.89. The van der Waals surface area contributed by atoms with Crippen LogP contribution in [-0.4, -0.2) is 29.4 Å². The number of oxazole rings is 1. The Morgan fingerprint density at radius 3 is 2.93 bits per heavy atom. The number of H-pyrrole nitrogens is 1. The van der Waals surface area contributed by atoms with Gasteiger partial charge in [0.25, 0.3) is 5.56 Å². The fraction of sp³-hybridized carbons (Fsp3) is 0.158. The summed E-state index contributed by atoms with van der Waals surface area (Å²) in [5, 5.41) is 8.41. The molecule has 0 unspecified atom stereocenters. The van der Waals surface area contributed by atoms with Crippen LogP contribution in [0.1, 0.15) is 12.6 Å². The van der Waals surface area contributed by atoms with Gasteiger partial charge in [0.1, 0.15) is 11.8 Å². The van der Waals surface area contributed by atoms with Crippen LogP contribution in [0, 0.1) is 6.92 Å². The van der Waals surface area contributed by atoms with E-state index in [4.69, 9.17) is 9.40 Å². The third-order valence-corrected chi connectivity index (χ3v) is 4.68. The Bertz CT molecular complexity index is 1340. The minimum absolute atomic E-state index is 0.194. The summed E-state index contributed by atoms with van der Waals surface area (Å²) in [7, 11) is 0. The summed E-state index contributed by atoms with van der Waals surface area (Å²) in [6, 6.07) is 7.48. The SMILES string of the molecule is CCn1ncc2cc(-c3cc(=O)n4[nH]c(C)c(-c5ncco5)c4n3)ccc21. The molecule has 134 valence electrons. The number of benzene rings is 1. The lowest BCUT2D eigenvalue weighted by Crippen LogP contribution is -2.14. The number of nitrogens with zero attached hydrogens (tertiary/aromatic N) is 5. The molecule has 1 N–H and O–H groups in total. The maximum absolute atomic E-state index is 12.6. The van der Waals surface area contributed by atoms with Gasteiger partial charge in [-0.1, -0.05) is 6.07 Å². The van der Waals surface area contributed by atoms with Crippen molar-refractivity contribution in [3.63, 3.8) is 0 Å². The van der Waals surface area contributed by atoms with Crippen molar-refractivity contribution in [3.05, 3.63) is 59.0 Å². The first-order valence-electron chi connectivity index (χ1n) is 8.64. The average Bonchev–Trinajstić information content (AvgIpc) is 3.38. The Morgan fingerprint density at radius 2 is 2.15 bits per heavy atom. The van der Waals surface area contributed by atoms with Crippen molar-refractivity contribution < 1.29 is 4.42 Å². The quantitative estimate of drug-likeness (QED) is 0.534. The van der Waals surface area contributed by atoms with E-state index in [0.29, 0.717) is 22.8 Å². The van der Waals surface area contributed by atoms with E-state index in [1.807, 2.05) is 36.0 Å². The molecular weight excluding hydrogens is 344 g/mol. The van der Waals surface area contributed by atoms with Gasteiger partial charge in [0.15, 0.2) is 5.65 Å². The number of hydrogen-bond donors (Lipinski definition) is 1. The van der Waals surface area contributed by atoms with Gasteiger partial charge in [-0.2, -0.15) is 5.10 Å². The van der Waals surface area contributed by atoms with Gasteiger partial charge < -0.3 is 4.42 Å². The van der Waals surface area contributed by atoms with E-state index in [0.717, 1.165) is 28.7 Å². The first kappa shape index (κ1) is 15.6. The standard InChI is InChI=1S/C19H16N6O2/c1-3-24-15-5-4-12(8-13(15)10-21-24)14-9-16(26)25-18(22-14)17(11(2)23-25)19-20-6-7-27-19/h4-10,23H,3H2,1-2H3. The molecule has 0 radical (unpaired) electrons. The summed E-state index contributed by atoms with van der Waals surface area (Å²) in [6.45, 7) is 4.71. The smallest absolute Gasteiger partial charge is 0.273 e. The van der Waals surface area contributed by atoms with Gasteiger partial charge in [-0.25, -0.2) is 14.5 Å². The number of fused-ring (bicyclic) bond motifs is 2. The topological polar surface area (TPSA) is 94.0 Å². The Balaban J connectivity index is 1.74. The molecule has 8 nitrogen and oxygen atoms in total. The molecule has 0 aliphatic rings. The van der Waals surface area contributed by atoms with E-state index in [9.17, 15) is 4.79 Å². The van der Waals surface area contributed by atoms with Gasteiger partial charge in [0.2, 0.25) is 5.89 Å². The normalized spacial score (nSPS) is 11.6. The average molecular weight is 360 g/mol.